The number of anilines is 2. The zero-order valence-electron chi connectivity index (χ0n) is 14.4. The van der Waals surface area contributed by atoms with Crippen molar-refractivity contribution in [2.75, 3.05) is 10.6 Å². The summed E-state index contributed by atoms with van der Waals surface area (Å²) >= 11 is 0. The van der Waals surface area contributed by atoms with Crippen LogP contribution >= 0.6 is 0 Å². The highest BCUT2D eigenvalue weighted by molar-refractivity contribution is 6.05. The minimum atomic E-state index is -0.266. The van der Waals surface area contributed by atoms with Crippen LogP contribution in [0.5, 0.6) is 0 Å². The van der Waals surface area contributed by atoms with Gasteiger partial charge in [-0.3, -0.25) is 14.6 Å². The van der Waals surface area contributed by atoms with Crippen LogP contribution < -0.4 is 10.6 Å². The Bertz CT molecular complexity index is 915. The Hall–Kier alpha value is -3.48. The molecule has 3 rings (SSSR count). The number of nitrogens with zero attached hydrogens (tertiary/aromatic N) is 2. The zero-order valence-corrected chi connectivity index (χ0v) is 14.4. The van der Waals surface area contributed by atoms with Crippen molar-refractivity contribution in [1.82, 2.24) is 10.1 Å². The molecular formula is C19H18N4O3. The van der Waals surface area contributed by atoms with Gasteiger partial charge in [0, 0.05) is 34.9 Å². The molecule has 0 atom stereocenters. The first-order valence-electron chi connectivity index (χ1n) is 8.06. The summed E-state index contributed by atoms with van der Waals surface area (Å²) < 4.78 is 5.07. The van der Waals surface area contributed by atoms with Crippen molar-refractivity contribution >= 4 is 23.2 Å². The molecule has 0 saturated carbocycles. The molecule has 2 heterocycles. The summed E-state index contributed by atoms with van der Waals surface area (Å²) in [7, 11) is 0. The monoisotopic (exact) mass is 350 g/mol. The molecule has 0 unspecified atom stereocenters. The van der Waals surface area contributed by atoms with Crippen molar-refractivity contribution in [3.05, 3.63) is 71.4 Å². The Labute approximate surface area is 150 Å². The third kappa shape index (κ3) is 4.13. The van der Waals surface area contributed by atoms with Crippen molar-refractivity contribution in [2.45, 2.75) is 20.3 Å². The summed E-state index contributed by atoms with van der Waals surface area (Å²) in [5, 5.41) is 9.41. The Morgan fingerprint density at radius 1 is 1.04 bits per heavy atom. The van der Waals surface area contributed by atoms with Crippen LogP contribution in [0.4, 0.5) is 11.4 Å². The average Bonchev–Trinajstić information content (AvgIpc) is 2.94. The van der Waals surface area contributed by atoms with Crippen LogP contribution in [0.15, 0.2) is 53.3 Å². The summed E-state index contributed by atoms with van der Waals surface area (Å²) in [5.41, 5.74) is 3.11. The number of amides is 2. The molecule has 0 spiro atoms. The average molecular weight is 350 g/mol. The topological polar surface area (TPSA) is 97.1 Å². The minimum Gasteiger partial charge on any atom is -0.361 e. The SMILES string of the molecule is Cc1noc(C)c1CC(=O)Nc1cccc(C(=O)Nc2ccncc2)c1. The van der Waals surface area contributed by atoms with E-state index in [1.165, 1.54) is 0 Å². The lowest BCUT2D eigenvalue weighted by molar-refractivity contribution is -0.115. The molecule has 2 amide bonds. The van der Waals surface area contributed by atoms with E-state index >= 15 is 0 Å². The number of rotatable bonds is 5. The molecule has 0 aliphatic rings. The fourth-order valence-electron chi connectivity index (χ4n) is 2.50. The molecule has 0 saturated heterocycles. The van der Waals surface area contributed by atoms with Crippen molar-refractivity contribution < 1.29 is 14.1 Å². The highest BCUT2D eigenvalue weighted by Crippen LogP contribution is 2.16. The van der Waals surface area contributed by atoms with Crippen LogP contribution in [0, 0.1) is 13.8 Å². The fourth-order valence-corrected chi connectivity index (χ4v) is 2.50. The van der Waals surface area contributed by atoms with Gasteiger partial charge >= 0.3 is 0 Å². The second-order valence-corrected chi connectivity index (χ2v) is 5.80. The summed E-state index contributed by atoms with van der Waals surface area (Å²) in [4.78, 5) is 28.5. The van der Waals surface area contributed by atoms with E-state index in [4.69, 9.17) is 4.52 Å². The number of hydrogen-bond donors (Lipinski definition) is 2. The van der Waals surface area contributed by atoms with Gasteiger partial charge < -0.3 is 15.2 Å². The quantitative estimate of drug-likeness (QED) is 0.737. The van der Waals surface area contributed by atoms with Crippen LogP contribution in [-0.2, 0) is 11.2 Å². The molecule has 0 bridgehead atoms. The van der Waals surface area contributed by atoms with Gasteiger partial charge in [-0.25, -0.2) is 0 Å². The predicted molar refractivity (Wildman–Crippen MR) is 96.9 cm³/mol. The second kappa shape index (κ2) is 7.60. The molecular weight excluding hydrogens is 332 g/mol. The van der Waals surface area contributed by atoms with Gasteiger partial charge in [-0.2, -0.15) is 0 Å². The molecule has 0 radical (unpaired) electrons. The van der Waals surface area contributed by atoms with Gasteiger partial charge in [0.1, 0.15) is 5.76 Å². The Morgan fingerprint density at radius 3 is 2.50 bits per heavy atom. The van der Waals surface area contributed by atoms with E-state index in [2.05, 4.69) is 20.8 Å². The molecule has 0 fully saturated rings. The minimum absolute atomic E-state index is 0.161. The lowest BCUT2D eigenvalue weighted by atomic mass is 10.1. The maximum absolute atomic E-state index is 12.3. The van der Waals surface area contributed by atoms with Gasteiger partial charge in [0.15, 0.2) is 0 Å². The highest BCUT2D eigenvalue weighted by atomic mass is 16.5. The van der Waals surface area contributed by atoms with E-state index in [9.17, 15) is 9.59 Å². The van der Waals surface area contributed by atoms with Crippen LogP contribution in [-0.4, -0.2) is 22.0 Å². The van der Waals surface area contributed by atoms with E-state index in [1.807, 2.05) is 0 Å². The largest absolute Gasteiger partial charge is 0.361 e. The van der Waals surface area contributed by atoms with E-state index < -0.39 is 0 Å². The number of hydrogen-bond acceptors (Lipinski definition) is 5. The van der Waals surface area contributed by atoms with E-state index in [0.717, 1.165) is 5.56 Å². The third-order valence-electron chi connectivity index (χ3n) is 3.87. The number of pyridine rings is 1. The third-order valence-corrected chi connectivity index (χ3v) is 3.87. The first-order valence-corrected chi connectivity index (χ1v) is 8.06. The normalized spacial score (nSPS) is 10.4. The van der Waals surface area contributed by atoms with E-state index in [1.54, 1.807) is 62.6 Å². The maximum atomic E-state index is 12.3. The van der Waals surface area contributed by atoms with Gasteiger partial charge in [-0.05, 0) is 44.2 Å². The van der Waals surface area contributed by atoms with Crippen LogP contribution in [0.2, 0.25) is 0 Å². The van der Waals surface area contributed by atoms with Crippen LogP contribution in [0.3, 0.4) is 0 Å². The summed E-state index contributed by atoms with van der Waals surface area (Å²) in [5.74, 6) is 0.159. The van der Waals surface area contributed by atoms with E-state index in [-0.39, 0.29) is 18.2 Å². The lowest BCUT2D eigenvalue weighted by Gasteiger charge is -2.08. The number of aromatic nitrogens is 2. The van der Waals surface area contributed by atoms with Gasteiger partial charge in [-0.1, -0.05) is 11.2 Å². The van der Waals surface area contributed by atoms with Crippen LogP contribution in [0.1, 0.15) is 27.4 Å². The molecule has 2 N–H and O–H groups in total. The van der Waals surface area contributed by atoms with Gasteiger partial charge in [0.2, 0.25) is 5.91 Å². The van der Waals surface area contributed by atoms with Crippen molar-refractivity contribution in [1.29, 1.82) is 0 Å². The molecule has 0 aliphatic carbocycles. The Kier molecular flexibility index (Phi) is 5.07. The first-order chi connectivity index (χ1) is 12.5. The summed E-state index contributed by atoms with van der Waals surface area (Å²) in [6.45, 7) is 3.57. The molecule has 3 aromatic rings. The number of carbonyl (C=O) groups is 2. The zero-order chi connectivity index (χ0) is 18.5. The van der Waals surface area contributed by atoms with Gasteiger partial charge in [0.05, 0.1) is 12.1 Å². The first kappa shape index (κ1) is 17.3. The maximum Gasteiger partial charge on any atom is 0.255 e. The van der Waals surface area contributed by atoms with Gasteiger partial charge in [-0.15, -0.1) is 0 Å². The van der Waals surface area contributed by atoms with Crippen molar-refractivity contribution in [3.8, 4) is 0 Å². The fraction of sp³-hybridized carbons (Fsp3) is 0.158. The molecule has 132 valence electrons. The van der Waals surface area contributed by atoms with Crippen molar-refractivity contribution in [3.63, 3.8) is 0 Å². The number of carbonyl (C=O) groups excluding carboxylic acids is 2. The Morgan fingerprint density at radius 2 is 1.81 bits per heavy atom. The van der Waals surface area contributed by atoms with Gasteiger partial charge in [0.25, 0.3) is 5.91 Å². The molecule has 2 aromatic heterocycles. The molecule has 1 aromatic carbocycles. The van der Waals surface area contributed by atoms with E-state index in [0.29, 0.717) is 28.4 Å². The van der Waals surface area contributed by atoms with Crippen molar-refractivity contribution in [2.24, 2.45) is 0 Å². The molecule has 26 heavy (non-hydrogen) atoms. The molecule has 0 aliphatic heterocycles. The van der Waals surface area contributed by atoms with Crippen LogP contribution in [0.25, 0.3) is 0 Å². The Balaban J connectivity index is 1.67. The molecule has 7 heteroatoms. The smallest absolute Gasteiger partial charge is 0.255 e. The lowest BCUT2D eigenvalue weighted by Crippen LogP contribution is -2.16. The molecule has 7 nitrogen and oxygen atoms in total. The number of aryl methyl sites for hydroxylation is 2. The number of nitrogens with one attached hydrogen (secondary N) is 2. The predicted octanol–water partition coefficient (Wildman–Crippen LogP) is 3.12. The summed E-state index contributed by atoms with van der Waals surface area (Å²) in [6.07, 6.45) is 3.36. The summed E-state index contributed by atoms with van der Waals surface area (Å²) in [6, 6.07) is 10.2. The second-order valence-electron chi connectivity index (χ2n) is 5.80. The standard InChI is InChI=1S/C19H18N4O3/c1-12-17(13(2)26-23-12)11-18(24)21-16-5-3-4-14(10-16)19(25)22-15-6-8-20-9-7-15/h3-10H,11H2,1-2H3,(H,21,24)(H,20,22,25). The highest BCUT2D eigenvalue weighted by Gasteiger charge is 2.14. The number of benzene rings is 1.